The minimum atomic E-state index is -1.58. The number of hydrogen-bond acceptors (Lipinski definition) is 7. The van der Waals surface area contributed by atoms with Gasteiger partial charge in [-0.1, -0.05) is 46.8 Å². The number of β-amino-alcohol motifs (C(OH)–C–C–N with tert-alkyl or cyclic N) is 1. The predicted molar refractivity (Wildman–Crippen MR) is 153 cm³/mol. The molecule has 1 aromatic carbocycles. The van der Waals surface area contributed by atoms with Gasteiger partial charge in [0, 0.05) is 18.3 Å². The van der Waals surface area contributed by atoms with Crippen molar-refractivity contribution in [3.8, 4) is 6.19 Å². The molecule has 1 N–H and O–H groups in total. The lowest BCUT2D eigenvalue weighted by molar-refractivity contribution is -0.128. The van der Waals surface area contributed by atoms with Crippen LogP contribution in [-0.2, 0) is 15.0 Å². The number of hydrogen-bond donors (Lipinski definition) is 1. The van der Waals surface area contributed by atoms with Gasteiger partial charge in [0.1, 0.15) is 11.6 Å². The van der Waals surface area contributed by atoms with Gasteiger partial charge >= 0.3 is 0 Å². The molecule has 0 bridgehead atoms. The van der Waals surface area contributed by atoms with Crippen molar-refractivity contribution in [2.75, 3.05) is 11.4 Å². The molecule has 8 heteroatoms. The van der Waals surface area contributed by atoms with Crippen LogP contribution in [-0.4, -0.2) is 58.4 Å². The van der Waals surface area contributed by atoms with E-state index in [9.17, 15) is 20.0 Å². The van der Waals surface area contributed by atoms with Crippen molar-refractivity contribution in [1.29, 1.82) is 5.26 Å². The highest BCUT2D eigenvalue weighted by atomic mass is 16.3. The first-order valence-corrected chi connectivity index (χ1v) is 13.1. The predicted octanol–water partition coefficient (Wildman–Crippen LogP) is 5.02. The normalized spacial score (nSPS) is 22.2. The van der Waals surface area contributed by atoms with Gasteiger partial charge in [-0.2, -0.15) is 5.26 Å². The number of aliphatic imine (C=N–C) groups is 2. The number of ketones is 1. The van der Waals surface area contributed by atoms with Crippen LogP contribution in [0.15, 0.2) is 45.6 Å². The summed E-state index contributed by atoms with van der Waals surface area (Å²) < 4.78 is 0. The van der Waals surface area contributed by atoms with Crippen molar-refractivity contribution in [2.45, 2.75) is 97.8 Å². The fraction of sp³-hybridized carbons (Fsp3) is 0.567. The van der Waals surface area contributed by atoms with Gasteiger partial charge in [-0.15, -0.1) is 0 Å². The van der Waals surface area contributed by atoms with E-state index >= 15 is 0 Å². The van der Waals surface area contributed by atoms with Crippen LogP contribution in [0, 0.1) is 17.4 Å². The smallest absolute Gasteiger partial charge is 0.251 e. The molecular weight excluding hydrogens is 478 g/mol. The monoisotopic (exact) mass is 521 g/mol. The molecule has 206 valence electrons. The zero-order chi connectivity index (χ0) is 29.1. The molecule has 0 aliphatic carbocycles. The summed E-state index contributed by atoms with van der Waals surface area (Å²) in [5.41, 5.74) is -0.519. The maximum absolute atomic E-state index is 14.4. The Bertz CT molecular complexity index is 1150. The zero-order valence-corrected chi connectivity index (χ0v) is 24.4. The van der Waals surface area contributed by atoms with Gasteiger partial charge in [0.2, 0.25) is 0 Å². The molecule has 1 saturated heterocycles. The molecule has 8 nitrogen and oxygen atoms in total. The lowest BCUT2D eigenvalue weighted by Crippen LogP contribution is -2.60. The second-order valence-corrected chi connectivity index (χ2v) is 12.0. The Hall–Kier alpha value is -3.31. The maximum Gasteiger partial charge on any atom is 0.251 e. The Morgan fingerprint density at radius 2 is 1.87 bits per heavy atom. The van der Waals surface area contributed by atoms with Crippen molar-refractivity contribution < 1.29 is 14.7 Å². The highest BCUT2D eigenvalue weighted by Crippen LogP contribution is 2.39. The van der Waals surface area contributed by atoms with E-state index in [1.54, 1.807) is 27.0 Å². The molecule has 1 aromatic rings. The highest BCUT2D eigenvalue weighted by molar-refractivity contribution is 6.07. The average Bonchev–Trinajstić information content (AvgIpc) is 3.13. The summed E-state index contributed by atoms with van der Waals surface area (Å²) in [6, 6.07) is 6.55. The molecule has 0 saturated carbocycles. The first kappa shape index (κ1) is 30.9. The lowest BCUT2D eigenvalue weighted by Gasteiger charge is -2.42. The number of aliphatic hydroxyl groups is 1. The summed E-state index contributed by atoms with van der Waals surface area (Å²) in [5.74, 6) is -0.596. The largest absolute Gasteiger partial charge is 0.388 e. The van der Waals surface area contributed by atoms with Crippen molar-refractivity contribution in [3.63, 3.8) is 0 Å². The number of allylic oxidation sites excluding steroid dienone is 1. The van der Waals surface area contributed by atoms with Gasteiger partial charge in [0.05, 0.1) is 23.5 Å². The Morgan fingerprint density at radius 3 is 2.29 bits per heavy atom. The number of amides is 1. The second kappa shape index (κ2) is 11.6. The Balaban J connectivity index is 2.91. The van der Waals surface area contributed by atoms with E-state index in [1.807, 2.05) is 44.3 Å². The summed E-state index contributed by atoms with van der Waals surface area (Å²) >= 11 is 0. The summed E-state index contributed by atoms with van der Waals surface area (Å²) in [6.07, 6.45) is 4.26. The van der Waals surface area contributed by atoms with E-state index in [-0.39, 0.29) is 30.1 Å². The lowest BCUT2D eigenvalue weighted by atomic mass is 9.85. The SMILES string of the molecule is C=N/C(=C(/CC(C)C)N=CC)C(C)(C(C)=O)N(C(=O)C1CC(C)(O)CN1C#N)c1ccc(C(C)(C)C)cc1. The number of carbonyl (C=O) groups is 2. The number of Topliss-reactive ketones (excluding diaryl/α,β-unsaturated/α-hetero) is 1. The Kier molecular flexibility index (Phi) is 9.44. The van der Waals surface area contributed by atoms with Crippen LogP contribution in [0.2, 0.25) is 0 Å². The van der Waals surface area contributed by atoms with E-state index in [2.05, 4.69) is 37.5 Å². The first-order valence-electron chi connectivity index (χ1n) is 13.1. The van der Waals surface area contributed by atoms with E-state index in [0.717, 1.165) is 5.56 Å². The van der Waals surface area contributed by atoms with Crippen molar-refractivity contribution in [1.82, 2.24) is 4.90 Å². The summed E-state index contributed by atoms with van der Waals surface area (Å²) in [4.78, 5) is 39.6. The van der Waals surface area contributed by atoms with E-state index in [1.165, 1.54) is 16.7 Å². The molecule has 2 rings (SSSR count). The van der Waals surface area contributed by atoms with E-state index < -0.39 is 23.1 Å². The highest BCUT2D eigenvalue weighted by Gasteiger charge is 2.51. The molecule has 3 unspecified atom stereocenters. The third-order valence-electron chi connectivity index (χ3n) is 7.06. The minimum Gasteiger partial charge on any atom is -0.388 e. The van der Waals surface area contributed by atoms with Crippen molar-refractivity contribution >= 4 is 30.3 Å². The van der Waals surface area contributed by atoms with Crippen LogP contribution >= 0.6 is 0 Å². The van der Waals surface area contributed by atoms with Gasteiger partial charge in [-0.3, -0.25) is 29.4 Å². The fourth-order valence-corrected chi connectivity index (χ4v) is 4.97. The number of anilines is 1. The Morgan fingerprint density at radius 1 is 1.29 bits per heavy atom. The summed E-state index contributed by atoms with van der Waals surface area (Å²) in [5, 5.41) is 20.5. The van der Waals surface area contributed by atoms with Crippen LogP contribution in [0.1, 0.15) is 80.7 Å². The topological polar surface area (TPSA) is 109 Å². The van der Waals surface area contributed by atoms with Gasteiger partial charge in [-0.25, -0.2) is 0 Å². The zero-order valence-electron chi connectivity index (χ0n) is 24.4. The number of carbonyl (C=O) groups excluding carboxylic acids is 2. The molecule has 0 spiro atoms. The van der Waals surface area contributed by atoms with Gasteiger partial charge in [0.15, 0.2) is 12.0 Å². The fourth-order valence-electron chi connectivity index (χ4n) is 4.97. The van der Waals surface area contributed by atoms with Crippen LogP contribution in [0.3, 0.4) is 0 Å². The van der Waals surface area contributed by atoms with Gasteiger partial charge < -0.3 is 5.11 Å². The maximum atomic E-state index is 14.4. The molecule has 0 radical (unpaired) electrons. The molecule has 3 atom stereocenters. The molecule has 1 aliphatic heterocycles. The van der Waals surface area contributed by atoms with E-state index in [0.29, 0.717) is 23.5 Å². The molecule has 1 aliphatic rings. The standard InChI is InChI=1S/C30H43N5O3/c1-11-33-24(16-20(2)3)26(32-10)30(9,21(4)36)35(23-14-12-22(13-15-23)28(5,6)7)27(37)25-17-29(8,38)18-34(25)19-31/h11-15,20,25,38H,10,16-18H2,1-9H3/b26-24-,33-11?. The van der Waals surface area contributed by atoms with Crippen molar-refractivity contribution in [3.05, 3.63) is 41.2 Å². The van der Waals surface area contributed by atoms with Crippen LogP contribution in [0.25, 0.3) is 0 Å². The van der Waals surface area contributed by atoms with Crippen LogP contribution in [0.4, 0.5) is 5.69 Å². The van der Waals surface area contributed by atoms with Crippen LogP contribution < -0.4 is 4.90 Å². The quantitative estimate of drug-likeness (QED) is 0.362. The third kappa shape index (κ3) is 6.39. The number of nitriles is 1. The van der Waals surface area contributed by atoms with Gasteiger partial charge in [-0.05, 0) is 69.9 Å². The molecule has 1 fully saturated rings. The minimum absolute atomic E-state index is 0.0224. The van der Waals surface area contributed by atoms with E-state index in [4.69, 9.17) is 0 Å². The first-order chi connectivity index (χ1) is 17.5. The number of nitrogens with zero attached hydrogens (tertiary/aromatic N) is 5. The number of likely N-dealkylation sites (tertiary alicyclic amines) is 1. The molecule has 1 heterocycles. The Labute approximate surface area is 227 Å². The molecular formula is C30H43N5O3. The number of benzene rings is 1. The summed E-state index contributed by atoms with van der Waals surface area (Å²) in [6.45, 7) is 20.6. The average molecular weight is 522 g/mol. The molecule has 38 heavy (non-hydrogen) atoms. The van der Waals surface area contributed by atoms with Crippen LogP contribution in [0.5, 0.6) is 0 Å². The molecule has 1 amide bonds. The second-order valence-electron chi connectivity index (χ2n) is 12.0. The summed E-state index contributed by atoms with van der Waals surface area (Å²) in [7, 11) is 0. The number of rotatable bonds is 9. The third-order valence-corrected chi connectivity index (χ3v) is 7.06. The molecule has 0 aromatic heterocycles. The van der Waals surface area contributed by atoms with Gasteiger partial charge in [0.25, 0.3) is 5.91 Å². The van der Waals surface area contributed by atoms with Crippen molar-refractivity contribution in [2.24, 2.45) is 15.9 Å².